The highest BCUT2D eigenvalue weighted by atomic mass is 31.1. The van der Waals surface area contributed by atoms with Crippen LogP contribution < -0.4 is 0 Å². The number of likely N-dealkylation sites (N-methyl/N-ethyl adjacent to an activating group) is 1. The number of nitrogens with zero attached hydrogens (tertiary/aromatic N) is 1. The van der Waals surface area contributed by atoms with E-state index in [0.717, 1.165) is 32.3 Å². The molecule has 294 valence electrons. The van der Waals surface area contributed by atoms with Crippen LogP contribution in [0.25, 0.3) is 0 Å². The van der Waals surface area contributed by atoms with E-state index in [9.17, 15) is 9.90 Å². The topological polar surface area (TPSA) is 37.3 Å². The molecule has 3 nitrogen and oxygen atoms in total. The van der Waals surface area contributed by atoms with E-state index < -0.39 is 5.85 Å². The smallest absolute Gasteiger partial charge is 0.107 e. The van der Waals surface area contributed by atoms with Crippen LogP contribution >= 0.6 is 8.58 Å². The Labute approximate surface area is 312 Å². The number of quaternary nitrogens is 1. The molecule has 0 aromatic heterocycles. The predicted octanol–water partition coefficient (Wildman–Crippen LogP) is 15.0. The Balaban J connectivity index is 3.92. The molecule has 0 rings (SSSR count). The van der Waals surface area contributed by atoms with Crippen LogP contribution in [0.5, 0.6) is 0 Å². The van der Waals surface area contributed by atoms with Crippen LogP contribution in [0, 0.1) is 0 Å². The van der Waals surface area contributed by atoms with Crippen molar-refractivity contribution in [3.8, 4) is 0 Å². The Morgan fingerprint density at radius 2 is 0.714 bits per heavy atom. The van der Waals surface area contributed by atoms with E-state index in [1.165, 1.54) is 205 Å². The maximum Gasteiger partial charge on any atom is 0.107 e. The maximum absolute atomic E-state index is 13.3. The molecule has 0 aromatic rings. The van der Waals surface area contributed by atoms with Crippen molar-refractivity contribution >= 4 is 14.4 Å². The van der Waals surface area contributed by atoms with E-state index in [1.807, 2.05) is 0 Å². The number of ketones is 1. The summed E-state index contributed by atoms with van der Waals surface area (Å²) >= 11 is 0. The van der Waals surface area contributed by atoms with Crippen molar-refractivity contribution in [3.05, 3.63) is 0 Å². The normalized spacial score (nSPS) is 13.5. The van der Waals surface area contributed by atoms with Gasteiger partial charge in [-0.1, -0.05) is 232 Å². The number of aliphatic hydroxyl groups excluding tert-OH is 1. The average molecular weight is 710 g/mol. The zero-order valence-corrected chi connectivity index (χ0v) is 35.5. The molecule has 2 unspecified atom stereocenters. The summed E-state index contributed by atoms with van der Waals surface area (Å²) in [5.41, 5.74) is 0.0268. The van der Waals surface area contributed by atoms with Crippen molar-refractivity contribution in [1.82, 2.24) is 0 Å². The number of carbonyl (C=O) groups excluding carboxylic acids is 1. The van der Waals surface area contributed by atoms with Gasteiger partial charge in [0.05, 0.1) is 27.7 Å². The lowest BCUT2D eigenvalue weighted by Gasteiger charge is -2.37. The molecule has 1 N–H and O–H groups in total. The molecule has 0 radical (unpaired) electrons. The molecule has 0 aliphatic rings. The minimum atomic E-state index is -0.407. The number of hydrogen-bond donors (Lipinski definition) is 1. The monoisotopic (exact) mass is 710 g/mol. The zero-order chi connectivity index (χ0) is 36.1. The molecule has 0 heterocycles. The van der Waals surface area contributed by atoms with Crippen LogP contribution in [0.4, 0.5) is 0 Å². The molecular formula is C45H92NO2P. The zero-order valence-electron chi connectivity index (χ0n) is 34.6. The number of unbranched alkanes of at least 4 members (excludes halogenated alkanes) is 32. The van der Waals surface area contributed by atoms with Crippen molar-refractivity contribution in [2.75, 3.05) is 27.7 Å². The first-order chi connectivity index (χ1) is 23.8. The van der Waals surface area contributed by atoms with Gasteiger partial charge >= 0.3 is 0 Å². The lowest BCUT2D eigenvalue weighted by Crippen LogP contribution is -2.40. The van der Waals surface area contributed by atoms with Crippen LogP contribution in [0.2, 0.25) is 0 Å². The number of rotatable bonds is 41. The van der Waals surface area contributed by atoms with Crippen LogP contribution in [0.3, 0.4) is 0 Å². The highest BCUT2D eigenvalue weighted by Crippen LogP contribution is 2.32. The van der Waals surface area contributed by atoms with Crippen molar-refractivity contribution < 1.29 is 14.4 Å². The maximum atomic E-state index is 13.3. The van der Waals surface area contributed by atoms with Gasteiger partial charge in [-0.05, 0) is 12.3 Å². The van der Waals surface area contributed by atoms with Crippen LogP contribution in [0.1, 0.15) is 245 Å². The first-order valence-corrected chi connectivity index (χ1v) is 23.5. The van der Waals surface area contributed by atoms with E-state index in [4.69, 9.17) is 0 Å². The highest BCUT2D eigenvalue weighted by Gasteiger charge is 2.15. The Hall–Kier alpha value is 0.0200. The molecule has 0 amide bonds. The van der Waals surface area contributed by atoms with Crippen molar-refractivity contribution in [3.63, 3.8) is 0 Å². The first-order valence-electron chi connectivity index (χ1n) is 22.5. The Morgan fingerprint density at radius 1 is 0.449 bits per heavy atom. The van der Waals surface area contributed by atoms with Gasteiger partial charge in [0.2, 0.25) is 0 Å². The van der Waals surface area contributed by atoms with Crippen LogP contribution in [-0.2, 0) is 4.79 Å². The van der Waals surface area contributed by atoms with E-state index in [2.05, 4.69) is 35.0 Å². The first kappa shape index (κ1) is 49.0. The lowest BCUT2D eigenvalue weighted by atomic mass is 10.0. The van der Waals surface area contributed by atoms with Crippen LogP contribution in [-0.4, -0.2) is 54.6 Å². The summed E-state index contributed by atoms with van der Waals surface area (Å²) in [6.45, 7) is 5.30. The molecule has 0 bridgehead atoms. The molecule has 0 fully saturated rings. The molecule has 49 heavy (non-hydrogen) atoms. The fourth-order valence-corrected chi connectivity index (χ4v) is 8.94. The minimum Gasteiger partial charge on any atom is -0.490 e. The van der Waals surface area contributed by atoms with Gasteiger partial charge in [0.15, 0.2) is 0 Å². The van der Waals surface area contributed by atoms with Gasteiger partial charge in [-0.2, -0.15) is 0 Å². The summed E-state index contributed by atoms with van der Waals surface area (Å²) in [5.74, 6) is 0.00885. The van der Waals surface area contributed by atoms with Crippen molar-refractivity contribution in [2.24, 2.45) is 0 Å². The number of carbonyl (C=O) groups is 1. The van der Waals surface area contributed by atoms with Gasteiger partial charge in [0.1, 0.15) is 5.78 Å². The van der Waals surface area contributed by atoms with Gasteiger partial charge < -0.3 is 23.0 Å². The summed E-state index contributed by atoms with van der Waals surface area (Å²) in [7, 11) is 7.34. The van der Waals surface area contributed by atoms with Gasteiger partial charge in [0.25, 0.3) is 0 Å². The second-order valence-corrected chi connectivity index (χ2v) is 18.5. The van der Waals surface area contributed by atoms with Gasteiger partial charge in [-0.3, -0.25) is 0 Å². The Kier molecular flexibility index (Phi) is 37.8. The third kappa shape index (κ3) is 39.1. The molecule has 0 spiro atoms. The summed E-state index contributed by atoms with van der Waals surface area (Å²) in [4.78, 5) is 13.3. The molecule has 2 atom stereocenters. The largest absolute Gasteiger partial charge is 0.490 e. The molecule has 0 saturated heterocycles. The van der Waals surface area contributed by atoms with Gasteiger partial charge in [-0.25, -0.2) is 0 Å². The predicted molar refractivity (Wildman–Crippen MR) is 222 cm³/mol. The Bertz CT molecular complexity index is 663. The van der Waals surface area contributed by atoms with Gasteiger partial charge in [-0.15, -0.1) is 5.66 Å². The molecule has 0 saturated carbocycles. The number of hydrogen-bond acceptors (Lipinski definition) is 2. The molecule has 4 heteroatoms. The standard InChI is InChI=1S/C45H92NO2P/c1-6-8-10-12-14-16-18-20-22-23-24-25-27-29-31-33-35-37-39-41-44(49-45(48)42-46(3,4)5)43(47)40-38-36-34-32-30-28-26-21-19-17-15-13-11-9-7-2/h44-45,48H,6-42H2,1-5H3. The highest BCUT2D eigenvalue weighted by molar-refractivity contribution is 7.40. The second kappa shape index (κ2) is 37.8. The second-order valence-electron chi connectivity index (χ2n) is 16.9. The molecule has 0 aliphatic carbocycles. The minimum absolute atomic E-state index is 0.0268. The van der Waals surface area contributed by atoms with E-state index in [1.54, 1.807) is 0 Å². The summed E-state index contributed by atoms with van der Waals surface area (Å²) in [6, 6.07) is 0. The van der Waals surface area contributed by atoms with E-state index in [0.29, 0.717) is 18.7 Å². The molecular weight excluding hydrogens is 617 g/mol. The fraction of sp³-hybridized carbons (Fsp3) is 0.978. The summed E-state index contributed by atoms with van der Waals surface area (Å²) in [6.07, 6.45) is 48.5. The van der Waals surface area contributed by atoms with Crippen molar-refractivity contribution in [2.45, 2.75) is 257 Å². The third-order valence-corrected chi connectivity index (χ3v) is 12.0. The summed E-state index contributed by atoms with van der Waals surface area (Å²) < 4.78 is 0.743. The number of Topliss-reactive ketones (excluding diaryl/α,β-unsaturated/α-hetero) is 1. The fourth-order valence-electron chi connectivity index (χ4n) is 7.32. The lowest BCUT2D eigenvalue weighted by molar-refractivity contribution is -0.871. The average Bonchev–Trinajstić information content (AvgIpc) is 3.06. The molecule has 0 aliphatic heterocycles. The number of aliphatic hydroxyl groups is 1. The van der Waals surface area contributed by atoms with Crippen LogP contribution in [0.15, 0.2) is 0 Å². The SMILES string of the molecule is CCCCCCCCCCCCCCCCCCCCCC([P-]C(O)C[N+](C)(C)C)C(=O)CCCCCCCCCCCCCCCCC. The van der Waals surface area contributed by atoms with E-state index >= 15 is 0 Å². The van der Waals surface area contributed by atoms with Gasteiger partial charge in [0, 0.05) is 6.42 Å². The third-order valence-electron chi connectivity index (χ3n) is 10.5. The quantitative estimate of drug-likeness (QED) is 0.0390. The summed E-state index contributed by atoms with van der Waals surface area (Å²) in [5, 5.41) is 10.8. The Morgan fingerprint density at radius 3 is 1.00 bits per heavy atom. The van der Waals surface area contributed by atoms with Crippen molar-refractivity contribution in [1.29, 1.82) is 0 Å². The molecule has 0 aromatic carbocycles. The van der Waals surface area contributed by atoms with E-state index in [-0.39, 0.29) is 5.66 Å².